The lowest BCUT2D eigenvalue weighted by atomic mass is 10.1. The standard InChI is InChI=1S/C17H15NO6S/c19-25(20,18-11-1-2-13-15(8-11)24-9-23-13)17-12-4-6-21-14(12)7-10-3-5-22-16(10)17/h1-2,7-8,18H,3-6,9H2. The van der Waals surface area contributed by atoms with E-state index < -0.39 is 10.0 Å². The average molecular weight is 361 g/mol. The predicted molar refractivity (Wildman–Crippen MR) is 88.2 cm³/mol. The molecule has 1 N–H and O–H groups in total. The summed E-state index contributed by atoms with van der Waals surface area (Å²) in [6.07, 6.45) is 1.22. The fourth-order valence-electron chi connectivity index (χ4n) is 3.39. The van der Waals surface area contributed by atoms with Crippen molar-refractivity contribution in [3.8, 4) is 23.0 Å². The smallest absolute Gasteiger partial charge is 0.266 e. The normalized spacial score (nSPS) is 16.8. The van der Waals surface area contributed by atoms with Crippen molar-refractivity contribution in [2.75, 3.05) is 24.7 Å². The van der Waals surface area contributed by atoms with Gasteiger partial charge in [-0.15, -0.1) is 0 Å². The van der Waals surface area contributed by atoms with Crippen molar-refractivity contribution < 1.29 is 27.4 Å². The Hall–Kier alpha value is -2.61. The first-order valence-electron chi connectivity index (χ1n) is 7.99. The molecule has 5 rings (SSSR count). The van der Waals surface area contributed by atoms with Crippen LogP contribution in [-0.2, 0) is 22.9 Å². The first kappa shape index (κ1) is 14.7. The Morgan fingerprint density at radius 3 is 2.64 bits per heavy atom. The van der Waals surface area contributed by atoms with E-state index in [0.29, 0.717) is 60.3 Å². The van der Waals surface area contributed by atoms with Crippen LogP contribution in [0.1, 0.15) is 11.1 Å². The molecular weight excluding hydrogens is 346 g/mol. The second-order valence-corrected chi connectivity index (χ2v) is 7.66. The zero-order valence-electron chi connectivity index (χ0n) is 13.2. The van der Waals surface area contributed by atoms with E-state index in [4.69, 9.17) is 18.9 Å². The van der Waals surface area contributed by atoms with Gasteiger partial charge in [0.05, 0.1) is 18.9 Å². The molecule has 3 aliphatic rings. The number of rotatable bonds is 3. The molecule has 3 heterocycles. The van der Waals surface area contributed by atoms with Crippen molar-refractivity contribution in [3.63, 3.8) is 0 Å². The first-order chi connectivity index (χ1) is 12.1. The molecule has 0 spiro atoms. The van der Waals surface area contributed by atoms with Gasteiger partial charge in [0.15, 0.2) is 11.5 Å². The van der Waals surface area contributed by atoms with E-state index in [0.717, 1.165) is 5.56 Å². The zero-order valence-corrected chi connectivity index (χ0v) is 14.0. The number of hydrogen-bond acceptors (Lipinski definition) is 6. The van der Waals surface area contributed by atoms with Gasteiger partial charge >= 0.3 is 0 Å². The average Bonchev–Trinajstić information content (AvgIpc) is 3.30. The summed E-state index contributed by atoms with van der Waals surface area (Å²) in [5, 5.41) is 0. The summed E-state index contributed by atoms with van der Waals surface area (Å²) in [5.41, 5.74) is 1.95. The van der Waals surface area contributed by atoms with Crippen LogP contribution in [0.25, 0.3) is 0 Å². The van der Waals surface area contributed by atoms with Gasteiger partial charge in [0, 0.05) is 30.0 Å². The molecule has 0 saturated carbocycles. The topological polar surface area (TPSA) is 83.1 Å². The summed E-state index contributed by atoms with van der Waals surface area (Å²) < 4.78 is 50.6. The molecule has 130 valence electrons. The highest BCUT2D eigenvalue weighted by atomic mass is 32.2. The van der Waals surface area contributed by atoms with Crippen LogP contribution < -0.4 is 23.7 Å². The van der Waals surface area contributed by atoms with Crippen molar-refractivity contribution in [3.05, 3.63) is 35.4 Å². The fraction of sp³-hybridized carbons (Fsp3) is 0.294. The number of hydrogen-bond donors (Lipinski definition) is 1. The molecule has 25 heavy (non-hydrogen) atoms. The van der Waals surface area contributed by atoms with Crippen LogP contribution in [0.3, 0.4) is 0 Å². The summed E-state index contributed by atoms with van der Waals surface area (Å²) in [4.78, 5) is 0.188. The van der Waals surface area contributed by atoms with Crippen molar-refractivity contribution in [2.24, 2.45) is 0 Å². The lowest BCUT2D eigenvalue weighted by molar-refractivity contribution is 0.174. The molecule has 8 heteroatoms. The molecule has 3 aliphatic heterocycles. The molecule has 0 atom stereocenters. The number of fused-ring (bicyclic) bond motifs is 3. The molecule has 0 amide bonds. The van der Waals surface area contributed by atoms with Crippen molar-refractivity contribution in [2.45, 2.75) is 17.7 Å². The Kier molecular flexibility index (Phi) is 3.05. The SMILES string of the molecule is O=S(=O)(Nc1ccc2c(c1)OCO2)c1c2c(cc3c1OCC3)OCC2. The number of sulfonamides is 1. The number of anilines is 1. The summed E-state index contributed by atoms with van der Waals surface area (Å²) in [5.74, 6) is 2.19. The van der Waals surface area contributed by atoms with E-state index in [9.17, 15) is 8.42 Å². The van der Waals surface area contributed by atoms with Gasteiger partial charge in [0.1, 0.15) is 16.4 Å². The fourth-order valence-corrected chi connectivity index (χ4v) is 4.89. The molecule has 0 aliphatic carbocycles. The van der Waals surface area contributed by atoms with Gasteiger partial charge in [0.2, 0.25) is 6.79 Å². The van der Waals surface area contributed by atoms with Crippen molar-refractivity contribution in [1.29, 1.82) is 0 Å². The zero-order chi connectivity index (χ0) is 17.0. The van der Waals surface area contributed by atoms with E-state index in [-0.39, 0.29) is 11.7 Å². The van der Waals surface area contributed by atoms with Crippen LogP contribution in [0, 0.1) is 0 Å². The largest absolute Gasteiger partial charge is 0.493 e. The van der Waals surface area contributed by atoms with E-state index in [1.54, 1.807) is 18.2 Å². The van der Waals surface area contributed by atoms with Crippen LogP contribution in [0.15, 0.2) is 29.2 Å². The maximum Gasteiger partial charge on any atom is 0.266 e. The quantitative estimate of drug-likeness (QED) is 0.901. The number of ether oxygens (including phenoxy) is 4. The molecule has 0 fully saturated rings. The Labute approximate surface area is 144 Å². The van der Waals surface area contributed by atoms with Crippen LogP contribution in [0.5, 0.6) is 23.0 Å². The molecule has 0 saturated heterocycles. The minimum absolute atomic E-state index is 0.135. The van der Waals surface area contributed by atoms with Gasteiger partial charge in [-0.25, -0.2) is 8.42 Å². The maximum absolute atomic E-state index is 13.1. The van der Waals surface area contributed by atoms with Gasteiger partial charge < -0.3 is 18.9 Å². The summed E-state index contributed by atoms with van der Waals surface area (Å²) >= 11 is 0. The lowest BCUT2D eigenvalue weighted by Crippen LogP contribution is -2.16. The Morgan fingerprint density at radius 1 is 0.880 bits per heavy atom. The minimum Gasteiger partial charge on any atom is -0.493 e. The molecule has 0 radical (unpaired) electrons. The van der Waals surface area contributed by atoms with Gasteiger partial charge in [-0.3, -0.25) is 4.72 Å². The second-order valence-electron chi connectivity index (χ2n) is 6.04. The molecule has 0 unspecified atom stereocenters. The summed E-state index contributed by atoms with van der Waals surface area (Å²) in [7, 11) is -3.83. The third-order valence-electron chi connectivity index (χ3n) is 4.50. The van der Waals surface area contributed by atoms with Gasteiger partial charge in [-0.1, -0.05) is 0 Å². The third-order valence-corrected chi connectivity index (χ3v) is 5.97. The molecule has 0 bridgehead atoms. The van der Waals surface area contributed by atoms with E-state index >= 15 is 0 Å². The monoisotopic (exact) mass is 361 g/mol. The lowest BCUT2D eigenvalue weighted by Gasteiger charge is -2.15. The van der Waals surface area contributed by atoms with Crippen molar-refractivity contribution in [1.82, 2.24) is 0 Å². The second kappa shape index (κ2) is 5.19. The number of nitrogens with one attached hydrogen (secondary N) is 1. The minimum atomic E-state index is -3.83. The molecule has 7 nitrogen and oxygen atoms in total. The highest BCUT2D eigenvalue weighted by Gasteiger charge is 2.34. The van der Waals surface area contributed by atoms with Gasteiger partial charge in [0.25, 0.3) is 10.0 Å². The molecule has 2 aromatic rings. The van der Waals surface area contributed by atoms with Crippen LogP contribution in [-0.4, -0.2) is 28.4 Å². The first-order valence-corrected chi connectivity index (χ1v) is 9.47. The highest BCUT2D eigenvalue weighted by Crippen LogP contribution is 2.44. The van der Waals surface area contributed by atoms with E-state index in [1.165, 1.54) is 0 Å². The molecule has 2 aromatic carbocycles. The number of benzene rings is 2. The van der Waals surface area contributed by atoms with E-state index in [1.807, 2.05) is 6.07 Å². The van der Waals surface area contributed by atoms with Gasteiger partial charge in [-0.05, 0) is 18.2 Å². The third kappa shape index (κ3) is 2.28. The van der Waals surface area contributed by atoms with Crippen molar-refractivity contribution >= 4 is 15.7 Å². The summed E-state index contributed by atoms with van der Waals surface area (Å²) in [6, 6.07) is 6.83. The Bertz CT molecular complexity index is 953. The van der Waals surface area contributed by atoms with Crippen LogP contribution in [0.4, 0.5) is 5.69 Å². The van der Waals surface area contributed by atoms with Crippen LogP contribution in [0.2, 0.25) is 0 Å². The highest BCUT2D eigenvalue weighted by molar-refractivity contribution is 7.92. The maximum atomic E-state index is 13.1. The Balaban J connectivity index is 1.59. The molecular formula is C17H15NO6S. The van der Waals surface area contributed by atoms with Gasteiger partial charge in [-0.2, -0.15) is 0 Å². The Morgan fingerprint density at radius 2 is 1.72 bits per heavy atom. The van der Waals surface area contributed by atoms with Crippen LogP contribution >= 0.6 is 0 Å². The summed E-state index contributed by atoms with van der Waals surface area (Å²) in [6.45, 7) is 1.09. The predicted octanol–water partition coefficient (Wildman–Crippen LogP) is 2.09. The molecule has 0 aromatic heterocycles. The van der Waals surface area contributed by atoms with E-state index in [2.05, 4.69) is 4.72 Å².